The number of para-hydroxylation sites is 1. The van der Waals surface area contributed by atoms with Gasteiger partial charge < -0.3 is 22.0 Å². The monoisotopic (exact) mass is 340 g/mol. The second-order valence-electron chi connectivity index (χ2n) is 6.14. The molecule has 23 heavy (non-hydrogen) atoms. The van der Waals surface area contributed by atoms with Crippen LogP contribution in [0, 0.1) is 6.92 Å². The van der Waals surface area contributed by atoms with Gasteiger partial charge in [-0.2, -0.15) is 0 Å². The van der Waals surface area contributed by atoms with Crippen LogP contribution in [0.25, 0.3) is 0 Å². The van der Waals surface area contributed by atoms with Crippen LogP contribution in [0.1, 0.15) is 45.1 Å². The van der Waals surface area contributed by atoms with Gasteiger partial charge in [0.2, 0.25) is 0 Å². The van der Waals surface area contributed by atoms with Gasteiger partial charge in [0, 0.05) is 12.1 Å². The van der Waals surface area contributed by atoms with E-state index in [0.717, 1.165) is 43.6 Å². The summed E-state index contributed by atoms with van der Waals surface area (Å²) >= 11 is 0. The maximum Gasteiger partial charge on any atom is 0.412 e. The van der Waals surface area contributed by atoms with Crippen molar-refractivity contribution in [2.75, 3.05) is 18.4 Å². The molecular formula is C18H29ClN2O2. The van der Waals surface area contributed by atoms with Crippen LogP contribution in [0.3, 0.4) is 0 Å². The molecule has 0 spiro atoms. The van der Waals surface area contributed by atoms with E-state index in [0.29, 0.717) is 6.04 Å². The average Bonchev–Trinajstić information content (AvgIpc) is 2.52. The van der Waals surface area contributed by atoms with Crippen LogP contribution in [-0.4, -0.2) is 31.3 Å². The van der Waals surface area contributed by atoms with E-state index in [1.165, 1.54) is 11.3 Å². The molecule has 1 aromatic carbocycles. The molecule has 0 saturated heterocycles. The number of nitrogens with one attached hydrogen (secondary N) is 2. The molecule has 1 aliphatic carbocycles. The number of rotatable bonds is 5. The molecule has 0 aliphatic heterocycles. The Balaban J connectivity index is 0.00000264. The van der Waals surface area contributed by atoms with Crippen molar-refractivity contribution in [3.63, 3.8) is 0 Å². The topological polar surface area (TPSA) is 42.8 Å². The third kappa shape index (κ3) is 5.40. The Labute approximate surface area is 146 Å². The van der Waals surface area contributed by atoms with E-state index in [1.807, 2.05) is 31.2 Å². The molecule has 1 amide bonds. The normalized spacial score (nSPS) is 20.7. The van der Waals surface area contributed by atoms with Gasteiger partial charge in [0.25, 0.3) is 0 Å². The number of aryl methyl sites for hydroxylation is 1. The zero-order valence-corrected chi connectivity index (χ0v) is 15.2. The number of ether oxygens (including phenoxy) is 1. The molecule has 5 heteroatoms. The van der Waals surface area contributed by atoms with Crippen molar-refractivity contribution < 1.29 is 26.8 Å². The Morgan fingerprint density at radius 3 is 2.52 bits per heavy atom. The SMILES string of the molecule is CC[NH+](CC)C1CCCCC1OC(=O)Nc1ccccc1C.[Cl-]. The van der Waals surface area contributed by atoms with Crippen LogP contribution >= 0.6 is 0 Å². The average molecular weight is 341 g/mol. The van der Waals surface area contributed by atoms with Gasteiger partial charge in [-0.05, 0) is 51.7 Å². The number of likely N-dealkylation sites (N-methyl/N-ethyl adjacent to an activating group) is 1. The van der Waals surface area contributed by atoms with Crippen molar-refractivity contribution in [1.29, 1.82) is 0 Å². The molecule has 2 N–H and O–H groups in total. The van der Waals surface area contributed by atoms with E-state index in [1.54, 1.807) is 0 Å². The maximum atomic E-state index is 12.2. The first-order chi connectivity index (χ1) is 10.7. The van der Waals surface area contributed by atoms with Crippen molar-refractivity contribution in [2.24, 2.45) is 0 Å². The highest BCUT2D eigenvalue weighted by Crippen LogP contribution is 2.21. The highest BCUT2D eigenvalue weighted by Gasteiger charge is 2.34. The van der Waals surface area contributed by atoms with Gasteiger partial charge in [-0.3, -0.25) is 5.32 Å². The first kappa shape index (κ1) is 19.8. The second-order valence-corrected chi connectivity index (χ2v) is 6.14. The van der Waals surface area contributed by atoms with Crippen molar-refractivity contribution in [1.82, 2.24) is 0 Å². The van der Waals surface area contributed by atoms with E-state index in [-0.39, 0.29) is 24.6 Å². The first-order valence-corrected chi connectivity index (χ1v) is 8.53. The van der Waals surface area contributed by atoms with Crippen molar-refractivity contribution in [3.8, 4) is 0 Å². The van der Waals surface area contributed by atoms with Crippen LogP contribution in [0.15, 0.2) is 24.3 Å². The summed E-state index contributed by atoms with van der Waals surface area (Å²) in [6.45, 7) is 8.57. The standard InChI is InChI=1S/C18H28N2O2.ClH/c1-4-20(5-2)16-12-8-9-13-17(16)22-18(21)19-15-11-7-6-10-14(15)3;/h6-7,10-11,16-17H,4-5,8-9,12-13H2,1-3H3,(H,19,21);1H. The summed E-state index contributed by atoms with van der Waals surface area (Å²) < 4.78 is 5.78. The van der Waals surface area contributed by atoms with Gasteiger partial charge in [-0.1, -0.05) is 18.2 Å². The van der Waals surface area contributed by atoms with Crippen LogP contribution in [0.5, 0.6) is 0 Å². The van der Waals surface area contributed by atoms with Gasteiger partial charge in [0.15, 0.2) is 6.10 Å². The number of amides is 1. The molecular weight excluding hydrogens is 312 g/mol. The Morgan fingerprint density at radius 1 is 1.22 bits per heavy atom. The van der Waals surface area contributed by atoms with Crippen molar-refractivity contribution in [2.45, 2.75) is 58.6 Å². The minimum Gasteiger partial charge on any atom is -1.00 e. The maximum absolute atomic E-state index is 12.2. The number of carbonyl (C=O) groups excluding carboxylic acids is 1. The molecule has 2 atom stereocenters. The highest BCUT2D eigenvalue weighted by atomic mass is 35.5. The molecule has 1 aliphatic rings. The molecule has 0 radical (unpaired) electrons. The number of halogens is 1. The van der Waals surface area contributed by atoms with Gasteiger partial charge in [0.05, 0.1) is 13.1 Å². The second kappa shape index (κ2) is 9.78. The van der Waals surface area contributed by atoms with Crippen LogP contribution in [0.4, 0.5) is 10.5 Å². The number of hydrogen-bond acceptors (Lipinski definition) is 2. The predicted molar refractivity (Wildman–Crippen MR) is 89.4 cm³/mol. The lowest BCUT2D eigenvalue weighted by molar-refractivity contribution is -0.926. The Hall–Kier alpha value is -1.26. The van der Waals surface area contributed by atoms with E-state index < -0.39 is 0 Å². The zero-order chi connectivity index (χ0) is 15.9. The molecule has 2 rings (SSSR count). The number of carbonyl (C=O) groups is 1. The molecule has 1 fully saturated rings. The van der Waals surface area contributed by atoms with Crippen LogP contribution in [0.2, 0.25) is 0 Å². The minimum absolute atomic E-state index is 0. The first-order valence-electron chi connectivity index (χ1n) is 8.53. The Morgan fingerprint density at radius 2 is 1.87 bits per heavy atom. The molecule has 0 bridgehead atoms. The molecule has 1 aromatic rings. The molecule has 1 saturated carbocycles. The fourth-order valence-electron chi connectivity index (χ4n) is 3.47. The fourth-order valence-corrected chi connectivity index (χ4v) is 3.47. The largest absolute Gasteiger partial charge is 1.00 e. The lowest BCUT2D eigenvalue weighted by atomic mass is 9.91. The lowest BCUT2D eigenvalue weighted by Gasteiger charge is -2.35. The van der Waals surface area contributed by atoms with Gasteiger partial charge in [0.1, 0.15) is 6.04 Å². The third-order valence-electron chi connectivity index (χ3n) is 4.78. The smallest absolute Gasteiger partial charge is 0.412 e. The Kier molecular flexibility index (Phi) is 8.42. The summed E-state index contributed by atoms with van der Waals surface area (Å²) in [7, 11) is 0. The summed E-state index contributed by atoms with van der Waals surface area (Å²) in [6, 6.07) is 8.22. The summed E-state index contributed by atoms with van der Waals surface area (Å²) in [5.74, 6) is 0. The summed E-state index contributed by atoms with van der Waals surface area (Å²) in [4.78, 5) is 13.8. The number of benzene rings is 1. The number of anilines is 1. The van der Waals surface area contributed by atoms with E-state index in [9.17, 15) is 4.79 Å². The summed E-state index contributed by atoms with van der Waals surface area (Å²) in [5, 5.41) is 2.88. The van der Waals surface area contributed by atoms with E-state index in [2.05, 4.69) is 19.2 Å². The summed E-state index contributed by atoms with van der Waals surface area (Å²) in [6.07, 6.45) is 4.24. The number of quaternary nitrogens is 1. The van der Waals surface area contributed by atoms with E-state index >= 15 is 0 Å². The molecule has 4 nitrogen and oxygen atoms in total. The van der Waals surface area contributed by atoms with Gasteiger partial charge >= 0.3 is 6.09 Å². The highest BCUT2D eigenvalue weighted by molar-refractivity contribution is 5.85. The van der Waals surface area contributed by atoms with E-state index in [4.69, 9.17) is 4.74 Å². The number of hydrogen-bond donors (Lipinski definition) is 2. The Bertz CT molecular complexity index is 492. The lowest BCUT2D eigenvalue weighted by Crippen LogP contribution is -3.16. The van der Waals surface area contributed by atoms with Crippen LogP contribution < -0.4 is 22.6 Å². The zero-order valence-electron chi connectivity index (χ0n) is 14.4. The fraction of sp³-hybridized carbons (Fsp3) is 0.611. The molecule has 0 aromatic heterocycles. The third-order valence-corrected chi connectivity index (χ3v) is 4.78. The quantitative estimate of drug-likeness (QED) is 0.778. The van der Waals surface area contributed by atoms with Gasteiger partial charge in [-0.25, -0.2) is 4.79 Å². The van der Waals surface area contributed by atoms with Crippen LogP contribution in [-0.2, 0) is 4.74 Å². The molecule has 0 heterocycles. The van der Waals surface area contributed by atoms with Gasteiger partial charge in [-0.15, -0.1) is 0 Å². The predicted octanol–water partition coefficient (Wildman–Crippen LogP) is -0.217. The molecule has 130 valence electrons. The van der Waals surface area contributed by atoms with Crippen molar-refractivity contribution in [3.05, 3.63) is 29.8 Å². The van der Waals surface area contributed by atoms with Crippen molar-refractivity contribution >= 4 is 11.8 Å². The minimum atomic E-state index is -0.322. The molecule has 2 unspecified atom stereocenters. The summed E-state index contributed by atoms with van der Waals surface area (Å²) in [5.41, 5.74) is 1.88.